The zero-order valence-electron chi connectivity index (χ0n) is 6.06. The maximum atomic E-state index is 10.8. The third kappa shape index (κ3) is 1.37. The van der Waals surface area contributed by atoms with Crippen LogP contribution in [0.1, 0.15) is 6.92 Å². The van der Waals surface area contributed by atoms with E-state index in [1.54, 1.807) is 23.9 Å². The van der Waals surface area contributed by atoms with Crippen LogP contribution in [0.5, 0.6) is 0 Å². The van der Waals surface area contributed by atoms with E-state index in [1.807, 2.05) is 0 Å². The van der Waals surface area contributed by atoms with E-state index >= 15 is 0 Å². The molecule has 1 rings (SSSR count). The first-order chi connectivity index (χ1) is 5.05. The van der Waals surface area contributed by atoms with Gasteiger partial charge in [0.25, 0.3) is 5.91 Å². The molecule has 2 N–H and O–H groups in total. The van der Waals surface area contributed by atoms with Gasteiger partial charge in [0, 0.05) is 12.4 Å². The number of carbonyl (C=O) groups is 1. The van der Waals surface area contributed by atoms with E-state index in [4.69, 9.17) is 5.73 Å². The SMILES string of the molecule is CC(S)(C(N)=O)n1ccnc1. The number of nitrogens with zero attached hydrogens (tertiary/aromatic N) is 2. The Morgan fingerprint density at radius 2 is 2.45 bits per heavy atom. The molecule has 1 atom stereocenters. The number of rotatable bonds is 2. The van der Waals surface area contributed by atoms with Crippen LogP contribution in [0.3, 0.4) is 0 Å². The lowest BCUT2D eigenvalue weighted by Gasteiger charge is -2.20. The fourth-order valence-corrected chi connectivity index (χ4v) is 0.762. The lowest BCUT2D eigenvalue weighted by molar-refractivity contribution is -0.121. The number of thiol groups is 1. The first-order valence-electron chi connectivity index (χ1n) is 3.06. The van der Waals surface area contributed by atoms with Crippen LogP contribution in [0.4, 0.5) is 0 Å². The van der Waals surface area contributed by atoms with Gasteiger partial charge in [-0.1, -0.05) is 0 Å². The largest absolute Gasteiger partial charge is 0.367 e. The summed E-state index contributed by atoms with van der Waals surface area (Å²) in [5.41, 5.74) is 5.10. The second-order valence-electron chi connectivity index (χ2n) is 2.36. The molecule has 0 saturated heterocycles. The van der Waals surface area contributed by atoms with Gasteiger partial charge in [-0.15, -0.1) is 12.6 Å². The number of primary amides is 1. The summed E-state index contributed by atoms with van der Waals surface area (Å²) < 4.78 is 1.54. The van der Waals surface area contributed by atoms with Crippen LogP contribution in [0.15, 0.2) is 18.7 Å². The van der Waals surface area contributed by atoms with E-state index in [0.717, 1.165) is 0 Å². The summed E-state index contributed by atoms with van der Waals surface area (Å²) in [4.78, 5) is 13.6. The summed E-state index contributed by atoms with van der Waals surface area (Å²) in [6, 6.07) is 0. The van der Waals surface area contributed by atoms with Crippen molar-refractivity contribution in [3.63, 3.8) is 0 Å². The van der Waals surface area contributed by atoms with Crippen LogP contribution in [0.2, 0.25) is 0 Å². The lowest BCUT2D eigenvalue weighted by atomic mass is 10.3. The molecular weight excluding hydrogens is 162 g/mol. The first kappa shape index (κ1) is 8.13. The summed E-state index contributed by atoms with van der Waals surface area (Å²) in [6.07, 6.45) is 4.70. The van der Waals surface area contributed by atoms with Crippen molar-refractivity contribution in [1.82, 2.24) is 9.55 Å². The number of carbonyl (C=O) groups excluding carboxylic acids is 1. The van der Waals surface area contributed by atoms with Gasteiger partial charge in [0.05, 0.1) is 6.33 Å². The molecule has 0 aliphatic carbocycles. The molecule has 5 heteroatoms. The molecule has 0 spiro atoms. The Balaban J connectivity index is 3.00. The zero-order chi connectivity index (χ0) is 8.48. The van der Waals surface area contributed by atoms with Gasteiger partial charge in [-0.3, -0.25) is 4.79 Å². The predicted octanol–water partition coefficient (Wildman–Crippen LogP) is -0.0291. The highest BCUT2D eigenvalue weighted by Gasteiger charge is 2.27. The number of nitrogens with two attached hydrogens (primary N) is 1. The predicted molar refractivity (Wildman–Crippen MR) is 44.1 cm³/mol. The summed E-state index contributed by atoms with van der Waals surface area (Å²) in [7, 11) is 0. The Hall–Kier alpha value is -0.970. The quantitative estimate of drug-likeness (QED) is 0.614. The second-order valence-corrected chi connectivity index (χ2v) is 3.23. The normalized spacial score (nSPS) is 15.8. The van der Waals surface area contributed by atoms with Crippen LogP contribution >= 0.6 is 12.6 Å². The van der Waals surface area contributed by atoms with E-state index in [2.05, 4.69) is 17.6 Å². The number of hydrogen-bond acceptors (Lipinski definition) is 3. The average Bonchev–Trinajstić information content (AvgIpc) is 2.37. The van der Waals surface area contributed by atoms with Gasteiger partial charge in [0.15, 0.2) is 4.87 Å². The molecule has 1 amide bonds. The molecule has 4 nitrogen and oxygen atoms in total. The summed E-state index contributed by atoms with van der Waals surface area (Å²) in [6.45, 7) is 1.61. The van der Waals surface area contributed by atoms with Crippen molar-refractivity contribution < 1.29 is 4.79 Å². The van der Waals surface area contributed by atoms with E-state index in [1.165, 1.54) is 6.33 Å². The molecule has 0 radical (unpaired) electrons. The van der Waals surface area contributed by atoms with Crippen LogP contribution in [-0.2, 0) is 9.67 Å². The van der Waals surface area contributed by atoms with Crippen molar-refractivity contribution in [2.75, 3.05) is 0 Å². The summed E-state index contributed by atoms with van der Waals surface area (Å²) in [5.74, 6) is -0.501. The third-order valence-electron chi connectivity index (χ3n) is 1.47. The van der Waals surface area contributed by atoms with Crippen molar-refractivity contribution in [3.8, 4) is 0 Å². The van der Waals surface area contributed by atoms with Gasteiger partial charge < -0.3 is 10.3 Å². The van der Waals surface area contributed by atoms with Gasteiger partial charge in [-0.2, -0.15) is 0 Å². The molecule has 60 valence electrons. The van der Waals surface area contributed by atoms with E-state index < -0.39 is 10.8 Å². The Morgan fingerprint density at radius 3 is 2.82 bits per heavy atom. The minimum absolute atomic E-state index is 0.501. The minimum atomic E-state index is -0.990. The van der Waals surface area contributed by atoms with Gasteiger partial charge in [0.1, 0.15) is 0 Å². The molecular formula is C6H9N3OS. The monoisotopic (exact) mass is 171 g/mol. The Kier molecular flexibility index (Phi) is 1.90. The van der Waals surface area contributed by atoms with Crippen LogP contribution in [-0.4, -0.2) is 15.5 Å². The molecule has 0 bridgehead atoms. The van der Waals surface area contributed by atoms with Crippen LogP contribution in [0.25, 0.3) is 0 Å². The Morgan fingerprint density at radius 1 is 1.82 bits per heavy atom. The van der Waals surface area contributed by atoms with Crippen molar-refractivity contribution in [3.05, 3.63) is 18.7 Å². The van der Waals surface area contributed by atoms with Crippen LogP contribution < -0.4 is 5.73 Å². The summed E-state index contributed by atoms with van der Waals surface area (Å²) >= 11 is 4.09. The highest BCUT2D eigenvalue weighted by molar-refractivity contribution is 7.82. The van der Waals surface area contributed by atoms with Gasteiger partial charge in [-0.05, 0) is 6.92 Å². The van der Waals surface area contributed by atoms with Crippen molar-refractivity contribution in [2.24, 2.45) is 5.73 Å². The molecule has 1 aromatic rings. The van der Waals surface area contributed by atoms with E-state index in [0.29, 0.717) is 0 Å². The van der Waals surface area contributed by atoms with Crippen molar-refractivity contribution >= 4 is 18.5 Å². The fourth-order valence-electron chi connectivity index (χ4n) is 0.644. The molecule has 0 aliphatic rings. The molecule has 0 aliphatic heterocycles. The maximum Gasteiger partial charge on any atom is 0.253 e. The van der Waals surface area contributed by atoms with E-state index in [-0.39, 0.29) is 0 Å². The molecule has 1 unspecified atom stereocenters. The van der Waals surface area contributed by atoms with Gasteiger partial charge >= 0.3 is 0 Å². The highest BCUT2D eigenvalue weighted by atomic mass is 32.1. The standard InChI is InChI=1S/C6H9N3OS/c1-6(11,5(7)10)9-3-2-8-4-9/h2-4,11H,1H3,(H2,7,10). The molecule has 11 heavy (non-hydrogen) atoms. The number of aromatic nitrogens is 2. The third-order valence-corrected chi connectivity index (χ3v) is 1.93. The van der Waals surface area contributed by atoms with Gasteiger partial charge in [-0.25, -0.2) is 4.98 Å². The topological polar surface area (TPSA) is 60.9 Å². The molecule has 1 heterocycles. The Labute approximate surface area is 69.8 Å². The number of amides is 1. The van der Waals surface area contributed by atoms with Crippen molar-refractivity contribution in [1.29, 1.82) is 0 Å². The molecule has 1 aromatic heterocycles. The fraction of sp³-hybridized carbons (Fsp3) is 0.333. The molecule has 0 aromatic carbocycles. The lowest BCUT2D eigenvalue weighted by Crippen LogP contribution is -2.38. The van der Waals surface area contributed by atoms with Gasteiger partial charge in [0.2, 0.25) is 0 Å². The number of hydrogen-bond donors (Lipinski definition) is 2. The molecule has 0 fully saturated rings. The second kappa shape index (κ2) is 2.58. The molecule has 0 saturated carbocycles. The maximum absolute atomic E-state index is 10.8. The first-order valence-corrected chi connectivity index (χ1v) is 3.50. The summed E-state index contributed by atoms with van der Waals surface area (Å²) in [5, 5.41) is 0. The highest BCUT2D eigenvalue weighted by Crippen LogP contribution is 2.18. The average molecular weight is 171 g/mol. The smallest absolute Gasteiger partial charge is 0.253 e. The van der Waals surface area contributed by atoms with Crippen LogP contribution in [0, 0.1) is 0 Å². The Bertz CT molecular complexity index is 255. The number of imidazole rings is 1. The zero-order valence-corrected chi connectivity index (χ0v) is 6.95. The minimum Gasteiger partial charge on any atom is -0.367 e. The van der Waals surface area contributed by atoms with E-state index in [9.17, 15) is 4.79 Å². The van der Waals surface area contributed by atoms with Crippen molar-refractivity contribution in [2.45, 2.75) is 11.8 Å².